The molecule has 2 aliphatic rings. The maximum atomic E-state index is 13.4. The van der Waals surface area contributed by atoms with Crippen LogP contribution in [0.25, 0.3) is 0 Å². The number of anilines is 1. The molecule has 0 saturated carbocycles. The van der Waals surface area contributed by atoms with E-state index in [0.717, 1.165) is 50.9 Å². The Balaban J connectivity index is 1.93. The van der Waals surface area contributed by atoms with Gasteiger partial charge < -0.3 is 10.2 Å². The van der Waals surface area contributed by atoms with Gasteiger partial charge in [-0.05, 0) is 50.8 Å². The van der Waals surface area contributed by atoms with Crippen LogP contribution in [0, 0.1) is 5.41 Å². The van der Waals surface area contributed by atoms with Crippen LogP contribution in [0.5, 0.6) is 0 Å². The fourth-order valence-electron chi connectivity index (χ4n) is 4.08. The molecule has 1 fully saturated rings. The Morgan fingerprint density at radius 3 is 2.95 bits per heavy atom. The predicted octanol–water partition coefficient (Wildman–Crippen LogP) is 3.13. The minimum Gasteiger partial charge on any atom is -0.316 e. The standard InChI is InChI=1S/C18H26N2O/c1-3-9-18(10-6-11-19-13-18)17(21)20-14(2)12-15-7-4-5-8-16(15)20/h4-5,7-8,14,19H,3,6,9-13H2,1-2H3. The number of hydrogen-bond donors (Lipinski definition) is 1. The van der Waals surface area contributed by atoms with Gasteiger partial charge in [-0.1, -0.05) is 31.5 Å². The highest BCUT2D eigenvalue weighted by atomic mass is 16.2. The second-order valence-electron chi connectivity index (χ2n) is 6.67. The van der Waals surface area contributed by atoms with Crippen molar-refractivity contribution in [2.75, 3.05) is 18.0 Å². The summed E-state index contributed by atoms with van der Waals surface area (Å²) >= 11 is 0. The van der Waals surface area contributed by atoms with Crippen molar-refractivity contribution in [2.45, 2.75) is 52.0 Å². The van der Waals surface area contributed by atoms with Crippen LogP contribution < -0.4 is 10.2 Å². The second-order valence-corrected chi connectivity index (χ2v) is 6.67. The molecule has 0 radical (unpaired) electrons. The van der Waals surface area contributed by atoms with Crippen molar-refractivity contribution in [1.82, 2.24) is 5.32 Å². The number of amides is 1. The molecular weight excluding hydrogens is 260 g/mol. The fourth-order valence-corrected chi connectivity index (χ4v) is 4.08. The second kappa shape index (κ2) is 5.80. The van der Waals surface area contributed by atoms with Gasteiger partial charge >= 0.3 is 0 Å². The van der Waals surface area contributed by atoms with Gasteiger partial charge in [0.05, 0.1) is 5.41 Å². The third kappa shape index (κ3) is 2.48. The molecular formula is C18H26N2O. The van der Waals surface area contributed by atoms with Gasteiger partial charge in [0.2, 0.25) is 5.91 Å². The van der Waals surface area contributed by atoms with E-state index in [2.05, 4.69) is 42.3 Å². The Morgan fingerprint density at radius 1 is 1.43 bits per heavy atom. The molecule has 2 heterocycles. The van der Waals surface area contributed by atoms with Gasteiger partial charge in [-0.3, -0.25) is 4.79 Å². The number of piperidine rings is 1. The van der Waals surface area contributed by atoms with Crippen molar-refractivity contribution in [3.05, 3.63) is 29.8 Å². The van der Waals surface area contributed by atoms with Crippen LogP contribution in [-0.4, -0.2) is 25.0 Å². The van der Waals surface area contributed by atoms with E-state index in [0.29, 0.717) is 5.91 Å². The van der Waals surface area contributed by atoms with Crippen molar-refractivity contribution in [3.63, 3.8) is 0 Å². The van der Waals surface area contributed by atoms with Gasteiger partial charge in [0.1, 0.15) is 0 Å². The first-order valence-electron chi connectivity index (χ1n) is 8.30. The fraction of sp³-hybridized carbons (Fsp3) is 0.611. The van der Waals surface area contributed by atoms with Crippen LogP contribution in [0.4, 0.5) is 5.69 Å². The Morgan fingerprint density at radius 2 is 2.24 bits per heavy atom. The number of fused-ring (bicyclic) bond motifs is 1. The average Bonchev–Trinajstić information content (AvgIpc) is 2.83. The zero-order valence-corrected chi connectivity index (χ0v) is 13.2. The summed E-state index contributed by atoms with van der Waals surface area (Å²) in [7, 11) is 0. The van der Waals surface area contributed by atoms with Crippen LogP contribution in [0.2, 0.25) is 0 Å². The molecule has 21 heavy (non-hydrogen) atoms. The lowest BCUT2D eigenvalue weighted by atomic mass is 9.75. The van der Waals surface area contributed by atoms with Gasteiger partial charge in [-0.2, -0.15) is 0 Å². The molecule has 1 aromatic carbocycles. The number of hydrogen-bond acceptors (Lipinski definition) is 2. The summed E-state index contributed by atoms with van der Waals surface area (Å²) in [4.78, 5) is 15.5. The lowest BCUT2D eigenvalue weighted by molar-refractivity contribution is -0.130. The van der Waals surface area contributed by atoms with Gasteiger partial charge in [-0.25, -0.2) is 0 Å². The third-order valence-corrected chi connectivity index (χ3v) is 5.08. The molecule has 114 valence electrons. The van der Waals surface area contributed by atoms with Crippen molar-refractivity contribution >= 4 is 11.6 Å². The zero-order valence-electron chi connectivity index (χ0n) is 13.2. The first-order valence-corrected chi connectivity index (χ1v) is 8.30. The lowest BCUT2D eigenvalue weighted by Crippen LogP contribution is -2.53. The Hall–Kier alpha value is -1.35. The van der Waals surface area contributed by atoms with E-state index in [4.69, 9.17) is 0 Å². The van der Waals surface area contributed by atoms with Gasteiger partial charge in [-0.15, -0.1) is 0 Å². The molecule has 0 aliphatic carbocycles. The SMILES string of the molecule is CCCC1(C(=O)N2c3ccccc3CC2C)CCCNC1. The molecule has 0 aromatic heterocycles. The maximum absolute atomic E-state index is 13.4. The van der Waals surface area contributed by atoms with Crippen molar-refractivity contribution in [1.29, 1.82) is 0 Å². The third-order valence-electron chi connectivity index (χ3n) is 5.08. The molecule has 1 N–H and O–H groups in total. The largest absolute Gasteiger partial charge is 0.316 e. The van der Waals surface area contributed by atoms with Gasteiger partial charge in [0.15, 0.2) is 0 Å². The molecule has 3 heteroatoms. The summed E-state index contributed by atoms with van der Waals surface area (Å²) in [5, 5.41) is 3.46. The summed E-state index contributed by atoms with van der Waals surface area (Å²) < 4.78 is 0. The number of rotatable bonds is 3. The van der Waals surface area contributed by atoms with E-state index in [9.17, 15) is 4.79 Å². The van der Waals surface area contributed by atoms with E-state index < -0.39 is 0 Å². The Labute approximate surface area is 127 Å². The zero-order chi connectivity index (χ0) is 14.9. The van der Waals surface area contributed by atoms with Crippen molar-refractivity contribution in [3.8, 4) is 0 Å². The smallest absolute Gasteiger partial charge is 0.234 e. The summed E-state index contributed by atoms with van der Waals surface area (Å²) in [6.45, 7) is 6.24. The minimum atomic E-state index is -0.196. The highest BCUT2D eigenvalue weighted by molar-refractivity contribution is 6.00. The molecule has 0 bridgehead atoms. The maximum Gasteiger partial charge on any atom is 0.234 e. The van der Waals surface area contributed by atoms with E-state index >= 15 is 0 Å². The van der Waals surface area contributed by atoms with Gasteiger partial charge in [0, 0.05) is 18.3 Å². The molecule has 1 saturated heterocycles. The van der Waals surface area contributed by atoms with Crippen LogP contribution in [0.1, 0.15) is 45.1 Å². The van der Waals surface area contributed by atoms with Crippen LogP contribution in [0.3, 0.4) is 0 Å². The van der Waals surface area contributed by atoms with Gasteiger partial charge in [0.25, 0.3) is 0 Å². The molecule has 2 unspecified atom stereocenters. The highest BCUT2D eigenvalue weighted by Gasteiger charge is 2.44. The van der Waals surface area contributed by atoms with E-state index in [1.165, 1.54) is 5.56 Å². The van der Waals surface area contributed by atoms with Crippen LogP contribution in [0.15, 0.2) is 24.3 Å². The Kier molecular flexibility index (Phi) is 4.03. The van der Waals surface area contributed by atoms with Crippen LogP contribution in [-0.2, 0) is 11.2 Å². The molecule has 0 spiro atoms. The molecule has 3 rings (SSSR count). The first kappa shape index (κ1) is 14.6. The molecule has 2 atom stereocenters. The van der Waals surface area contributed by atoms with Crippen LogP contribution >= 0.6 is 0 Å². The highest BCUT2D eigenvalue weighted by Crippen LogP contribution is 2.40. The topological polar surface area (TPSA) is 32.3 Å². The first-order chi connectivity index (χ1) is 10.2. The molecule has 1 amide bonds. The summed E-state index contributed by atoms with van der Waals surface area (Å²) in [5.41, 5.74) is 2.25. The Bertz CT molecular complexity index is 514. The quantitative estimate of drug-likeness (QED) is 0.926. The summed E-state index contributed by atoms with van der Waals surface area (Å²) in [5.74, 6) is 0.342. The predicted molar refractivity (Wildman–Crippen MR) is 86.5 cm³/mol. The molecule has 2 aliphatic heterocycles. The number of benzene rings is 1. The number of nitrogens with one attached hydrogen (secondary N) is 1. The van der Waals surface area contributed by atoms with E-state index in [1.54, 1.807) is 0 Å². The van der Waals surface area contributed by atoms with E-state index in [1.807, 2.05) is 6.07 Å². The molecule has 1 aromatic rings. The summed E-state index contributed by atoms with van der Waals surface area (Å²) in [6, 6.07) is 8.66. The average molecular weight is 286 g/mol. The number of nitrogens with zero attached hydrogens (tertiary/aromatic N) is 1. The van der Waals surface area contributed by atoms with Crippen molar-refractivity contribution < 1.29 is 4.79 Å². The monoisotopic (exact) mass is 286 g/mol. The normalized spacial score (nSPS) is 28.5. The van der Waals surface area contributed by atoms with E-state index in [-0.39, 0.29) is 11.5 Å². The number of carbonyl (C=O) groups excluding carboxylic acids is 1. The lowest BCUT2D eigenvalue weighted by Gasteiger charge is -2.40. The number of carbonyl (C=O) groups is 1. The van der Waals surface area contributed by atoms with Crippen molar-refractivity contribution in [2.24, 2.45) is 5.41 Å². The summed E-state index contributed by atoms with van der Waals surface area (Å²) in [6.07, 6.45) is 5.17. The molecule has 3 nitrogen and oxygen atoms in total. The number of para-hydroxylation sites is 1. The minimum absolute atomic E-state index is 0.196.